The number of hydrogen-bond acceptors (Lipinski definition) is 3. The van der Waals surface area contributed by atoms with Crippen LogP contribution in [0.5, 0.6) is 0 Å². The lowest BCUT2D eigenvalue weighted by molar-refractivity contribution is -0.132. The molecule has 0 aliphatic heterocycles. The van der Waals surface area contributed by atoms with Gasteiger partial charge in [-0.25, -0.2) is 9.50 Å². The molecule has 0 saturated heterocycles. The third kappa shape index (κ3) is 3.11. The molecule has 5 nitrogen and oxygen atoms in total. The highest BCUT2D eigenvalue weighted by atomic mass is 16.2. The van der Waals surface area contributed by atoms with E-state index in [1.165, 1.54) is 11.1 Å². The lowest BCUT2D eigenvalue weighted by Gasteiger charge is -2.26. The number of aryl methyl sites for hydroxylation is 4. The summed E-state index contributed by atoms with van der Waals surface area (Å²) in [7, 11) is 1.94. The number of benzene rings is 1. The summed E-state index contributed by atoms with van der Waals surface area (Å²) in [5, 5.41) is 4.52. The Hall–Kier alpha value is -2.69. The third-order valence-electron chi connectivity index (χ3n) is 5.84. The van der Waals surface area contributed by atoms with Crippen LogP contribution in [0.1, 0.15) is 52.7 Å². The minimum Gasteiger partial charge on any atom is -0.339 e. The number of hydrogen-bond donors (Lipinski definition) is 0. The van der Waals surface area contributed by atoms with E-state index in [1.807, 2.05) is 36.4 Å². The molecular weight excluding hydrogens is 336 g/mol. The summed E-state index contributed by atoms with van der Waals surface area (Å²) in [4.78, 5) is 19.5. The maximum Gasteiger partial charge on any atom is 0.223 e. The molecule has 1 aromatic carbocycles. The van der Waals surface area contributed by atoms with E-state index in [2.05, 4.69) is 41.3 Å². The van der Waals surface area contributed by atoms with Crippen molar-refractivity contribution in [2.24, 2.45) is 0 Å². The number of fused-ring (bicyclic) bond motifs is 2. The van der Waals surface area contributed by atoms with E-state index in [0.717, 1.165) is 41.1 Å². The van der Waals surface area contributed by atoms with Gasteiger partial charge in [-0.05, 0) is 56.7 Å². The maximum absolute atomic E-state index is 12.9. The van der Waals surface area contributed by atoms with Crippen LogP contribution in [-0.2, 0) is 17.6 Å². The predicted octanol–water partition coefficient (Wildman–Crippen LogP) is 3.73. The van der Waals surface area contributed by atoms with Crippen molar-refractivity contribution in [2.45, 2.75) is 52.5 Å². The van der Waals surface area contributed by atoms with Gasteiger partial charge in [0.05, 0.1) is 11.7 Å². The van der Waals surface area contributed by atoms with E-state index in [-0.39, 0.29) is 11.9 Å². The van der Waals surface area contributed by atoms with Crippen molar-refractivity contribution in [3.05, 3.63) is 64.1 Å². The highest BCUT2D eigenvalue weighted by molar-refractivity contribution is 5.77. The smallest absolute Gasteiger partial charge is 0.223 e. The van der Waals surface area contributed by atoms with Gasteiger partial charge in [-0.15, -0.1) is 0 Å². The number of nitrogens with zero attached hydrogens (tertiary/aromatic N) is 4. The van der Waals surface area contributed by atoms with Crippen molar-refractivity contribution < 1.29 is 4.79 Å². The molecule has 0 fully saturated rings. The van der Waals surface area contributed by atoms with Crippen molar-refractivity contribution >= 4 is 11.6 Å². The van der Waals surface area contributed by atoms with Gasteiger partial charge in [0, 0.05) is 30.9 Å². The first-order valence-corrected chi connectivity index (χ1v) is 9.61. The molecule has 2 aromatic heterocycles. The summed E-state index contributed by atoms with van der Waals surface area (Å²) >= 11 is 0. The van der Waals surface area contributed by atoms with E-state index < -0.39 is 0 Å². The number of amides is 1. The lowest BCUT2D eigenvalue weighted by Crippen LogP contribution is -2.30. The molecule has 1 atom stereocenters. The Morgan fingerprint density at radius 2 is 2.04 bits per heavy atom. The number of rotatable bonds is 4. The van der Waals surface area contributed by atoms with Crippen LogP contribution in [0.15, 0.2) is 30.3 Å². The molecule has 140 valence electrons. The van der Waals surface area contributed by atoms with Gasteiger partial charge in [0.25, 0.3) is 0 Å². The van der Waals surface area contributed by atoms with E-state index in [4.69, 9.17) is 0 Å². The molecule has 4 rings (SSSR count). The summed E-state index contributed by atoms with van der Waals surface area (Å²) in [6.45, 7) is 6.05. The first-order valence-electron chi connectivity index (χ1n) is 9.61. The van der Waals surface area contributed by atoms with Crippen LogP contribution in [0.25, 0.3) is 5.65 Å². The molecule has 0 radical (unpaired) electrons. The molecular formula is C22H26N4O. The summed E-state index contributed by atoms with van der Waals surface area (Å²) < 4.78 is 1.89. The highest BCUT2D eigenvalue weighted by Gasteiger charge is 2.28. The van der Waals surface area contributed by atoms with E-state index in [1.54, 1.807) is 0 Å². The van der Waals surface area contributed by atoms with Gasteiger partial charge in [0.15, 0.2) is 5.65 Å². The van der Waals surface area contributed by atoms with Crippen LogP contribution >= 0.6 is 0 Å². The standard InChI is InChI=1S/C22H26N4O/c1-14-13-21-23-15(2)18(16(3)26(21)24-14)10-12-22(27)25(4)20-11-9-17-7-5-6-8-19(17)20/h5-8,13,20H,9-12H2,1-4H3. The predicted molar refractivity (Wildman–Crippen MR) is 106 cm³/mol. The second-order valence-corrected chi connectivity index (χ2v) is 7.57. The van der Waals surface area contributed by atoms with Crippen molar-refractivity contribution in [3.63, 3.8) is 0 Å². The van der Waals surface area contributed by atoms with Crippen molar-refractivity contribution in [1.82, 2.24) is 19.5 Å². The molecule has 0 N–H and O–H groups in total. The molecule has 1 aliphatic rings. The summed E-state index contributed by atoms with van der Waals surface area (Å²) in [6, 6.07) is 10.7. The Labute approximate surface area is 160 Å². The van der Waals surface area contributed by atoms with Gasteiger partial charge in [-0.2, -0.15) is 5.10 Å². The van der Waals surface area contributed by atoms with Crippen LogP contribution in [0, 0.1) is 20.8 Å². The normalized spacial score (nSPS) is 15.9. The van der Waals surface area contributed by atoms with E-state index in [9.17, 15) is 4.79 Å². The molecule has 5 heteroatoms. The monoisotopic (exact) mass is 362 g/mol. The Balaban J connectivity index is 1.50. The average Bonchev–Trinajstić information content (AvgIpc) is 3.23. The van der Waals surface area contributed by atoms with Gasteiger partial charge in [0.2, 0.25) is 5.91 Å². The zero-order valence-corrected chi connectivity index (χ0v) is 16.5. The molecule has 0 bridgehead atoms. The van der Waals surface area contributed by atoms with Crippen LogP contribution in [0.3, 0.4) is 0 Å². The number of aromatic nitrogens is 3. The Morgan fingerprint density at radius 3 is 2.85 bits per heavy atom. The fourth-order valence-corrected chi connectivity index (χ4v) is 4.32. The second-order valence-electron chi connectivity index (χ2n) is 7.57. The fraction of sp³-hybridized carbons (Fsp3) is 0.409. The molecule has 3 aromatic rings. The topological polar surface area (TPSA) is 50.5 Å². The minimum atomic E-state index is 0.187. The molecule has 2 heterocycles. The second kappa shape index (κ2) is 6.80. The first kappa shape index (κ1) is 17.7. The summed E-state index contributed by atoms with van der Waals surface area (Å²) in [5.74, 6) is 0.187. The minimum absolute atomic E-state index is 0.187. The van der Waals surface area contributed by atoms with Crippen LogP contribution in [0.2, 0.25) is 0 Å². The van der Waals surface area contributed by atoms with Crippen molar-refractivity contribution in [2.75, 3.05) is 7.05 Å². The Morgan fingerprint density at radius 1 is 1.26 bits per heavy atom. The average molecular weight is 362 g/mol. The number of carbonyl (C=O) groups excluding carboxylic acids is 1. The van der Waals surface area contributed by atoms with Gasteiger partial charge < -0.3 is 4.90 Å². The molecule has 1 aliphatic carbocycles. The Bertz CT molecular complexity index is 1020. The van der Waals surface area contributed by atoms with Crippen LogP contribution in [0.4, 0.5) is 0 Å². The molecule has 1 amide bonds. The van der Waals surface area contributed by atoms with E-state index in [0.29, 0.717) is 12.8 Å². The molecule has 27 heavy (non-hydrogen) atoms. The lowest BCUT2D eigenvalue weighted by atomic mass is 10.0. The third-order valence-corrected chi connectivity index (χ3v) is 5.84. The fourth-order valence-electron chi connectivity index (χ4n) is 4.32. The van der Waals surface area contributed by atoms with Crippen LogP contribution in [-0.4, -0.2) is 32.5 Å². The highest BCUT2D eigenvalue weighted by Crippen LogP contribution is 2.35. The SMILES string of the molecule is Cc1cc2nc(C)c(CCC(=O)N(C)C3CCc4ccccc43)c(C)n2n1. The van der Waals surface area contributed by atoms with Gasteiger partial charge in [0.1, 0.15) is 0 Å². The Kier molecular flexibility index (Phi) is 4.46. The quantitative estimate of drug-likeness (QED) is 0.710. The van der Waals surface area contributed by atoms with Gasteiger partial charge in [-0.3, -0.25) is 4.79 Å². The number of carbonyl (C=O) groups is 1. The van der Waals surface area contributed by atoms with Crippen LogP contribution < -0.4 is 0 Å². The largest absolute Gasteiger partial charge is 0.339 e. The zero-order chi connectivity index (χ0) is 19.1. The maximum atomic E-state index is 12.9. The van der Waals surface area contributed by atoms with Gasteiger partial charge in [-0.1, -0.05) is 24.3 Å². The summed E-state index contributed by atoms with van der Waals surface area (Å²) in [5.41, 5.74) is 7.69. The summed E-state index contributed by atoms with van der Waals surface area (Å²) in [6.07, 6.45) is 3.25. The van der Waals surface area contributed by atoms with Crippen molar-refractivity contribution in [3.8, 4) is 0 Å². The zero-order valence-electron chi connectivity index (χ0n) is 16.5. The molecule has 0 spiro atoms. The first-order chi connectivity index (χ1) is 13.0. The van der Waals surface area contributed by atoms with E-state index >= 15 is 0 Å². The van der Waals surface area contributed by atoms with Gasteiger partial charge >= 0.3 is 0 Å². The molecule has 1 unspecified atom stereocenters. The molecule has 0 saturated carbocycles. The van der Waals surface area contributed by atoms with Crippen molar-refractivity contribution in [1.29, 1.82) is 0 Å².